The highest BCUT2D eigenvalue weighted by atomic mass is 16.5. The second kappa shape index (κ2) is 3.68. The Morgan fingerprint density at radius 3 is 2.85 bits per heavy atom. The molecular formula is C9H8N2O2. The summed E-state index contributed by atoms with van der Waals surface area (Å²) in [5, 5.41) is 8.67. The predicted molar refractivity (Wildman–Crippen MR) is 45.0 cm³/mol. The van der Waals surface area contributed by atoms with Crippen LogP contribution in [0.2, 0.25) is 0 Å². The lowest BCUT2D eigenvalue weighted by atomic mass is 10.2. The van der Waals surface area contributed by atoms with Gasteiger partial charge in [-0.25, -0.2) is 9.78 Å². The molecular weight excluding hydrogens is 168 g/mol. The number of methoxy groups -OCH3 is 1. The molecule has 0 aliphatic heterocycles. The Balaban J connectivity index is 3.23. The zero-order chi connectivity index (χ0) is 9.84. The van der Waals surface area contributed by atoms with Crippen molar-refractivity contribution in [2.24, 2.45) is 0 Å². The molecule has 13 heavy (non-hydrogen) atoms. The number of carbonyl (C=O) groups is 1. The lowest BCUT2D eigenvalue weighted by Gasteiger charge is -2.00. The smallest absolute Gasteiger partial charge is 0.340 e. The van der Waals surface area contributed by atoms with Crippen LogP contribution >= 0.6 is 0 Å². The second-order valence-corrected chi connectivity index (χ2v) is 2.45. The molecule has 1 rings (SSSR count). The molecule has 0 fully saturated rings. The molecule has 0 radical (unpaired) electrons. The van der Waals surface area contributed by atoms with E-state index in [-0.39, 0.29) is 11.3 Å². The number of hydrogen-bond donors (Lipinski definition) is 0. The van der Waals surface area contributed by atoms with E-state index in [0.717, 1.165) is 0 Å². The van der Waals surface area contributed by atoms with Crippen molar-refractivity contribution >= 4 is 5.97 Å². The van der Waals surface area contributed by atoms with Gasteiger partial charge in [0.1, 0.15) is 6.07 Å². The minimum Gasteiger partial charge on any atom is -0.465 e. The van der Waals surface area contributed by atoms with Crippen molar-refractivity contribution in [3.8, 4) is 6.07 Å². The lowest BCUT2D eigenvalue weighted by Crippen LogP contribution is -2.06. The summed E-state index contributed by atoms with van der Waals surface area (Å²) < 4.78 is 4.49. The van der Waals surface area contributed by atoms with Gasteiger partial charge < -0.3 is 4.74 Å². The quantitative estimate of drug-likeness (QED) is 0.600. The zero-order valence-corrected chi connectivity index (χ0v) is 7.37. The standard InChI is InChI=1S/C9H8N2O2/c1-6-3-4-7(9(12)13-2)8(5-10)11-6/h3-4H,1-2H3. The number of aryl methyl sites for hydroxylation is 1. The number of rotatable bonds is 1. The van der Waals surface area contributed by atoms with Crippen LogP contribution in [0, 0.1) is 18.3 Å². The fraction of sp³-hybridized carbons (Fsp3) is 0.222. The summed E-state index contributed by atoms with van der Waals surface area (Å²) in [4.78, 5) is 15.0. The van der Waals surface area contributed by atoms with E-state index in [1.54, 1.807) is 13.0 Å². The van der Waals surface area contributed by atoms with Crippen molar-refractivity contribution in [3.63, 3.8) is 0 Å². The van der Waals surface area contributed by atoms with Gasteiger partial charge in [0.2, 0.25) is 0 Å². The van der Waals surface area contributed by atoms with E-state index in [1.807, 2.05) is 6.07 Å². The van der Waals surface area contributed by atoms with E-state index < -0.39 is 5.97 Å². The van der Waals surface area contributed by atoms with Gasteiger partial charge in [0.05, 0.1) is 12.7 Å². The van der Waals surface area contributed by atoms with Gasteiger partial charge in [0.25, 0.3) is 0 Å². The molecule has 0 aliphatic rings. The summed E-state index contributed by atoms with van der Waals surface area (Å²) in [7, 11) is 1.27. The number of nitrogens with zero attached hydrogens (tertiary/aromatic N) is 2. The average molecular weight is 176 g/mol. The Morgan fingerprint density at radius 2 is 2.31 bits per heavy atom. The fourth-order valence-corrected chi connectivity index (χ4v) is 0.917. The van der Waals surface area contributed by atoms with Crippen molar-refractivity contribution in [2.45, 2.75) is 6.92 Å². The molecule has 1 aromatic heterocycles. The summed E-state index contributed by atoms with van der Waals surface area (Å²) >= 11 is 0. The largest absolute Gasteiger partial charge is 0.465 e. The van der Waals surface area contributed by atoms with Crippen LogP contribution in [0.1, 0.15) is 21.7 Å². The Morgan fingerprint density at radius 1 is 1.62 bits per heavy atom. The van der Waals surface area contributed by atoms with Crippen LogP contribution in [-0.2, 0) is 4.74 Å². The molecule has 0 aromatic carbocycles. The number of ether oxygens (including phenoxy) is 1. The van der Waals surface area contributed by atoms with E-state index in [9.17, 15) is 4.79 Å². The van der Waals surface area contributed by atoms with E-state index >= 15 is 0 Å². The van der Waals surface area contributed by atoms with Crippen molar-refractivity contribution in [1.82, 2.24) is 4.98 Å². The molecule has 1 aromatic rings. The van der Waals surface area contributed by atoms with Gasteiger partial charge >= 0.3 is 5.97 Å². The Labute approximate surface area is 75.8 Å². The van der Waals surface area contributed by atoms with Crippen molar-refractivity contribution in [3.05, 3.63) is 29.1 Å². The van der Waals surface area contributed by atoms with Gasteiger partial charge in [-0.05, 0) is 19.1 Å². The minimum absolute atomic E-state index is 0.104. The first-order valence-electron chi connectivity index (χ1n) is 3.65. The third kappa shape index (κ3) is 1.82. The molecule has 4 nitrogen and oxygen atoms in total. The fourth-order valence-electron chi connectivity index (χ4n) is 0.917. The Hall–Kier alpha value is -1.89. The van der Waals surface area contributed by atoms with E-state index in [1.165, 1.54) is 13.2 Å². The Bertz CT molecular complexity index is 380. The molecule has 0 saturated carbocycles. The van der Waals surface area contributed by atoms with E-state index in [4.69, 9.17) is 5.26 Å². The lowest BCUT2D eigenvalue weighted by molar-refractivity contribution is 0.0600. The first kappa shape index (κ1) is 9.20. The van der Waals surface area contributed by atoms with Gasteiger partial charge in [-0.2, -0.15) is 5.26 Å². The summed E-state index contributed by atoms with van der Waals surface area (Å²) in [6.07, 6.45) is 0. The Kier molecular flexibility index (Phi) is 2.60. The van der Waals surface area contributed by atoms with Crippen molar-refractivity contribution < 1.29 is 9.53 Å². The topological polar surface area (TPSA) is 63.0 Å². The number of pyridine rings is 1. The molecule has 1 heterocycles. The van der Waals surface area contributed by atoms with Crippen LogP contribution in [0.5, 0.6) is 0 Å². The zero-order valence-electron chi connectivity index (χ0n) is 7.37. The third-order valence-corrected chi connectivity index (χ3v) is 1.55. The highest BCUT2D eigenvalue weighted by Crippen LogP contribution is 2.07. The molecule has 0 saturated heterocycles. The first-order valence-corrected chi connectivity index (χ1v) is 3.65. The van der Waals surface area contributed by atoms with Crippen LogP contribution in [0.4, 0.5) is 0 Å². The van der Waals surface area contributed by atoms with Gasteiger partial charge in [-0.1, -0.05) is 0 Å². The maximum atomic E-state index is 11.1. The van der Waals surface area contributed by atoms with Gasteiger partial charge in [0.15, 0.2) is 5.69 Å². The van der Waals surface area contributed by atoms with Crippen molar-refractivity contribution in [2.75, 3.05) is 7.11 Å². The van der Waals surface area contributed by atoms with Gasteiger partial charge in [-0.3, -0.25) is 0 Å². The predicted octanol–water partition coefficient (Wildman–Crippen LogP) is 1.05. The van der Waals surface area contributed by atoms with Crippen molar-refractivity contribution in [1.29, 1.82) is 5.26 Å². The summed E-state index contributed by atoms with van der Waals surface area (Å²) in [5.41, 5.74) is 1.01. The first-order chi connectivity index (χ1) is 6.19. The highest BCUT2D eigenvalue weighted by Gasteiger charge is 2.12. The average Bonchev–Trinajstić information content (AvgIpc) is 2.16. The second-order valence-electron chi connectivity index (χ2n) is 2.45. The molecule has 0 amide bonds. The number of hydrogen-bond acceptors (Lipinski definition) is 4. The number of esters is 1. The van der Waals surface area contributed by atoms with Crippen LogP contribution in [-0.4, -0.2) is 18.1 Å². The molecule has 0 bridgehead atoms. The molecule has 4 heteroatoms. The molecule has 0 unspecified atom stereocenters. The monoisotopic (exact) mass is 176 g/mol. The molecule has 0 N–H and O–H groups in total. The van der Waals surface area contributed by atoms with Crippen LogP contribution in [0.25, 0.3) is 0 Å². The number of carbonyl (C=O) groups excluding carboxylic acids is 1. The summed E-state index contributed by atoms with van der Waals surface area (Å²) in [6.45, 7) is 1.75. The minimum atomic E-state index is -0.538. The number of aromatic nitrogens is 1. The summed E-state index contributed by atoms with van der Waals surface area (Å²) in [5.74, 6) is -0.538. The molecule has 0 aliphatic carbocycles. The normalized spacial score (nSPS) is 9.00. The SMILES string of the molecule is COC(=O)c1ccc(C)nc1C#N. The van der Waals surface area contributed by atoms with Crippen LogP contribution in [0.15, 0.2) is 12.1 Å². The van der Waals surface area contributed by atoms with Gasteiger partial charge in [0, 0.05) is 5.69 Å². The number of nitriles is 1. The maximum Gasteiger partial charge on any atom is 0.340 e. The maximum absolute atomic E-state index is 11.1. The van der Waals surface area contributed by atoms with E-state index in [2.05, 4.69) is 9.72 Å². The van der Waals surface area contributed by atoms with E-state index in [0.29, 0.717) is 5.69 Å². The molecule has 66 valence electrons. The summed E-state index contributed by atoms with van der Waals surface area (Å²) in [6, 6.07) is 5.03. The van der Waals surface area contributed by atoms with Crippen LogP contribution < -0.4 is 0 Å². The molecule has 0 spiro atoms. The van der Waals surface area contributed by atoms with Gasteiger partial charge in [-0.15, -0.1) is 0 Å². The third-order valence-electron chi connectivity index (χ3n) is 1.55. The molecule has 0 atom stereocenters. The van der Waals surface area contributed by atoms with Crippen LogP contribution in [0.3, 0.4) is 0 Å². The highest BCUT2D eigenvalue weighted by molar-refractivity contribution is 5.91.